The van der Waals surface area contributed by atoms with Gasteiger partial charge in [-0.05, 0) is 37.7 Å². The zero-order valence-electron chi connectivity index (χ0n) is 9.86. The number of hydrogen-bond acceptors (Lipinski definition) is 3. The number of hydrogen-bond donors (Lipinski definition) is 1. The topological polar surface area (TPSA) is 49.0 Å². The van der Waals surface area contributed by atoms with E-state index in [4.69, 9.17) is 11.6 Å². The van der Waals surface area contributed by atoms with Gasteiger partial charge in [-0.25, -0.2) is 5.10 Å². The van der Waals surface area contributed by atoms with Crippen LogP contribution >= 0.6 is 11.6 Å². The summed E-state index contributed by atoms with van der Waals surface area (Å²) in [4.78, 5) is 13.2. The summed E-state index contributed by atoms with van der Waals surface area (Å²) in [5.41, 5.74) is -0.147. The number of nitrogens with zero attached hydrogens (tertiary/aromatic N) is 2. The van der Waals surface area contributed by atoms with Crippen molar-refractivity contribution < 1.29 is 0 Å². The maximum atomic E-state index is 10.9. The van der Waals surface area contributed by atoms with Crippen LogP contribution in [0, 0.1) is 5.92 Å². The molecule has 1 aromatic rings. The maximum absolute atomic E-state index is 10.9. The summed E-state index contributed by atoms with van der Waals surface area (Å²) < 4.78 is 0. The third-order valence-electron chi connectivity index (χ3n) is 3.35. The van der Waals surface area contributed by atoms with Gasteiger partial charge in [-0.15, -0.1) is 11.6 Å². The van der Waals surface area contributed by atoms with Crippen LogP contribution in [-0.4, -0.2) is 29.2 Å². The Hall–Kier alpha value is -1.03. The molecule has 1 N–H and O–H groups in total. The van der Waals surface area contributed by atoms with Gasteiger partial charge < -0.3 is 4.90 Å². The van der Waals surface area contributed by atoms with Crippen molar-refractivity contribution in [3.05, 3.63) is 22.5 Å². The van der Waals surface area contributed by atoms with Crippen LogP contribution in [0.25, 0.3) is 0 Å². The van der Waals surface area contributed by atoms with Crippen LogP contribution < -0.4 is 10.5 Å². The molecule has 0 bridgehead atoms. The van der Waals surface area contributed by atoms with Crippen LogP contribution in [0.3, 0.4) is 0 Å². The van der Waals surface area contributed by atoms with Crippen molar-refractivity contribution in [2.75, 3.05) is 23.9 Å². The number of piperidine rings is 1. The molecule has 94 valence electrons. The molecule has 1 aromatic heterocycles. The first-order valence-electron chi connectivity index (χ1n) is 6.16. The van der Waals surface area contributed by atoms with Gasteiger partial charge in [0.15, 0.2) is 0 Å². The van der Waals surface area contributed by atoms with Gasteiger partial charge in [0, 0.05) is 25.0 Å². The highest BCUT2D eigenvalue weighted by molar-refractivity contribution is 6.17. The lowest BCUT2D eigenvalue weighted by molar-refractivity contribution is 0.377. The zero-order chi connectivity index (χ0) is 12.1. The van der Waals surface area contributed by atoms with Crippen LogP contribution in [0.5, 0.6) is 0 Å². The minimum absolute atomic E-state index is 0.147. The number of halogens is 1. The van der Waals surface area contributed by atoms with Gasteiger partial charge in [0.25, 0.3) is 5.56 Å². The number of alkyl halides is 1. The van der Waals surface area contributed by atoms with E-state index in [2.05, 4.69) is 15.1 Å². The molecule has 5 heteroatoms. The summed E-state index contributed by atoms with van der Waals surface area (Å²) in [7, 11) is 0. The molecule has 4 nitrogen and oxygen atoms in total. The fourth-order valence-electron chi connectivity index (χ4n) is 2.33. The van der Waals surface area contributed by atoms with Gasteiger partial charge in [-0.2, -0.15) is 5.10 Å². The fraction of sp³-hybridized carbons (Fsp3) is 0.667. The molecular weight excluding hydrogens is 238 g/mol. The molecule has 0 radical (unpaired) electrons. The Balaban J connectivity index is 1.86. The zero-order valence-corrected chi connectivity index (χ0v) is 10.6. The normalized spacial score (nSPS) is 17.4. The third kappa shape index (κ3) is 3.46. The first-order chi connectivity index (χ1) is 8.29. The van der Waals surface area contributed by atoms with E-state index in [-0.39, 0.29) is 5.56 Å². The molecular formula is C12H18ClN3O. The Morgan fingerprint density at radius 1 is 1.41 bits per heavy atom. The number of aromatic amines is 1. The molecule has 0 unspecified atom stereocenters. The van der Waals surface area contributed by atoms with Gasteiger partial charge in [-0.3, -0.25) is 4.79 Å². The van der Waals surface area contributed by atoms with E-state index in [1.165, 1.54) is 25.3 Å². The molecule has 1 saturated heterocycles. The van der Waals surface area contributed by atoms with Gasteiger partial charge in [-0.1, -0.05) is 0 Å². The second kappa shape index (κ2) is 6.05. The third-order valence-corrected chi connectivity index (χ3v) is 3.62. The number of H-pyrrole nitrogens is 1. The van der Waals surface area contributed by atoms with Crippen molar-refractivity contribution >= 4 is 17.4 Å². The van der Waals surface area contributed by atoms with E-state index in [1.54, 1.807) is 6.07 Å². The molecule has 0 atom stereocenters. The highest BCUT2D eigenvalue weighted by Crippen LogP contribution is 2.24. The first kappa shape index (κ1) is 12.4. The van der Waals surface area contributed by atoms with Gasteiger partial charge in [0.2, 0.25) is 0 Å². The molecule has 0 aliphatic carbocycles. The van der Waals surface area contributed by atoms with E-state index in [0.717, 1.165) is 37.1 Å². The van der Waals surface area contributed by atoms with E-state index < -0.39 is 0 Å². The van der Waals surface area contributed by atoms with Gasteiger partial charge >= 0.3 is 0 Å². The molecule has 2 rings (SSSR count). The first-order valence-corrected chi connectivity index (χ1v) is 6.69. The molecule has 17 heavy (non-hydrogen) atoms. The SMILES string of the molecule is O=c1ccc(N2CCC(CCCCl)CC2)n[nH]1. The van der Waals surface area contributed by atoms with Crippen LogP contribution in [0.1, 0.15) is 25.7 Å². The van der Waals surface area contributed by atoms with Crippen molar-refractivity contribution in [3.8, 4) is 0 Å². The molecule has 1 aliphatic heterocycles. The predicted molar refractivity (Wildman–Crippen MR) is 69.7 cm³/mol. The highest BCUT2D eigenvalue weighted by Gasteiger charge is 2.19. The van der Waals surface area contributed by atoms with E-state index in [0.29, 0.717) is 0 Å². The Morgan fingerprint density at radius 3 is 2.76 bits per heavy atom. The minimum atomic E-state index is -0.147. The number of anilines is 1. The Kier molecular flexibility index (Phi) is 4.42. The molecule has 0 saturated carbocycles. The minimum Gasteiger partial charge on any atom is -0.355 e. The summed E-state index contributed by atoms with van der Waals surface area (Å²) in [6, 6.07) is 3.32. The fourth-order valence-corrected chi connectivity index (χ4v) is 2.48. The summed E-state index contributed by atoms with van der Waals surface area (Å²) in [6.07, 6.45) is 4.73. The van der Waals surface area contributed by atoms with Crippen molar-refractivity contribution in [1.29, 1.82) is 0 Å². The van der Waals surface area contributed by atoms with Crippen LogP contribution in [0.15, 0.2) is 16.9 Å². The summed E-state index contributed by atoms with van der Waals surface area (Å²) in [6.45, 7) is 2.04. The van der Waals surface area contributed by atoms with Crippen molar-refractivity contribution in [3.63, 3.8) is 0 Å². The lowest BCUT2D eigenvalue weighted by Gasteiger charge is -2.32. The second-order valence-electron chi connectivity index (χ2n) is 4.54. The second-order valence-corrected chi connectivity index (χ2v) is 4.92. The number of rotatable bonds is 4. The number of nitrogens with one attached hydrogen (secondary N) is 1. The molecule has 0 amide bonds. The number of aromatic nitrogens is 2. The van der Waals surface area contributed by atoms with Crippen molar-refractivity contribution in [2.24, 2.45) is 5.92 Å². The van der Waals surface area contributed by atoms with Gasteiger partial charge in [0.1, 0.15) is 5.82 Å². The largest absolute Gasteiger partial charge is 0.355 e. The van der Waals surface area contributed by atoms with Crippen molar-refractivity contribution in [1.82, 2.24) is 10.2 Å². The molecule has 0 aromatic carbocycles. The summed E-state index contributed by atoms with van der Waals surface area (Å²) >= 11 is 5.71. The molecule has 1 aliphatic rings. The monoisotopic (exact) mass is 255 g/mol. The quantitative estimate of drug-likeness (QED) is 0.838. The van der Waals surface area contributed by atoms with E-state index in [9.17, 15) is 4.79 Å². The van der Waals surface area contributed by atoms with E-state index >= 15 is 0 Å². The van der Waals surface area contributed by atoms with E-state index in [1.807, 2.05) is 0 Å². The Bertz CT molecular complexity index is 378. The smallest absolute Gasteiger partial charge is 0.264 e. The highest BCUT2D eigenvalue weighted by atomic mass is 35.5. The Labute approximate surface area is 106 Å². The summed E-state index contributed by atoms with van der Waals surface area (Å²) in [5, 5.41) is 6.53. The average molecular weight is 256 g/mol. The molecule has 0 spiro atoms. The standard InChI is InChI=1S/C12H18ClN3O/c13-7-1-2-10-5-8-16(9-6-10)11-3-4-12(17)15-14-11/h3-4,10H,1-2,5-9H2,(H,15,17). The average Bonchev–Trinajstić information content (AvgIpc) is 2.38. The lowest BCUT2D eigenvalue weighted by Crippen LogP contribution is -2.34. The maximum Gasteiger partial charge on any atom is 0.264 e. The summed E-state index contributed by atoms with van der Waals surface area (Å²) in [5.74, 6) is 2.44. The van der Waals surface area contributed by atoms with Crippen LogP contribution in [-0.2, 0) is 0 Å². The lowest BCUT2D eigenvalue weighted by atomic mass is 9.92. The van der Waals surface area contributed by atoms with Crippen LogP contribution in [0.4, 0.5) is 5.82 Å². The molecule has 2 heterocycles. The molecule has 1 fully saturated rings. The van der Waals surface area contributed by atoms with Crippen LogP contribution in [0.2, 0.25) is 0 Å². The van der Waals surface area contributed by atoms with Crippen molar-refractivity contribution in [2.45, 2.75) is 25.7 Å². The predicted octanol–water partition coefficient (Wildman–Crippen LogP) is 2.01. The Morgan fingerprint density at radius 2 is 2.18 bits per heavy atom. The van der Waals surface area contributed by atoms with Gasteiger partial charge in [0.05, 0.1) is 0 Å².